The largest absolute Gasteiger partial charge is 0.573 e. The summed E-state index contributed by atoms with van der Waals surface area (Å²) < 4.78 is 44.4. The van der Waals surface area contributed by atoms with Crippen LogP contribution in [0.3, 0.4) is 0 Å². The number of rotatable bonds is 4. The van der Waals surface area contributed by atoms with Crippen LogP contribution < -0.4 is 9.47 Å². The van der Waals surface area contributed by atoms with Gasteiger partial charge in [0.2, 0.25) is 0 Å². The Hall–Kier alpha value is -2.10. The van der Waals surface area contributed by atoms with Crippen LogP contribution in [0.4, 0.5) is 18.9 Å². The first kappa shape index (κ1) is 14.0. The Morgan fingerprint density at radius 3 is 2.56 bits per heavy atom. The van der Waals surface area contributed by atoms with Gasteiger partial charge in [-0.15, -0.1) is 13.2 Å². The van der Waals surface area contributed by atoms with E-state index >= 15 is 0 Å². The zero-order valence-corrected chi connectivity index (χ0v) is 8.89. The molecule has 0 aliphatic rings. The number of nitro groups is 1. The van der Waals surface area contributed by atoms with Gasteiger partial charge in [0.15, 0.2) is 0 Å². The molecule has 0 saturated heterocycles. The number of hydrogen-bond donors (Lipinski definition) is 1. The van der Waals surface area contributed by atoms with Crippen LogP contribution in [0.25, 0.3) is 0 Å². The molecule has 0 aromatic carbocycles. The topological polar surface area (TPSA) is 94.7 Å². The van der Waals surface area contributed by atoms with Gasteiger partial charge in [0.25, 0.3) is 11.6 Å². The first-order valence-electron chi connectivity index (χ1n) is 4.37. The smallest absolute Gasteiger partial charge is 0.478 e. The average Bonchev–Trinajstić information content (AvgIpc) is 2.25. The fourth-order valence-corrected chi connectivity index (χ4v) is 1.17. The molecule has 1 aromatic heterocycles. The summed E-state index contributed by atoms with van der Waals surface area (Å²) in [7, 11) is 0.980. The van der Waals surface area contributed by atoms with Gasteiger partial charge in [-0.2, -0.15) is 0 Å². The highest BCUT2D eigenvalue weighted by Gasteiger charge is 2.38. The number of aromatic nitrogens is 1. The van der Waals surface area contributed by atoms with Gasteiger partial charge >= 0.3 is 12.0 Å². The summed E-state index contributed by atoms with van der Waals surface area (Å²) in [5, 5.41) is 19.6. The number of nitrogens with zero attached hydrogens (tertiary/aromatic N) is 2. The molecular formula is C8H7F3N2O5. The maximum Gasteiger partial charge on any atom is 0.573 e. The normalized spacial score (nSPS) is 11.2. The number of aliphatic hydroxyl groups is 1. The molecule has 0 fully saturated rings. The quantitative estimate of drug-likeness (QED) is 0.655. The first-order valence-corrected chi connectivity index (χ1v) is 4.37. The van der Waals surface area contributed by atoms with Crippen LogP contribution in [0, 0.1) is 10.1 Å². The van der Waals surface area contributed by atoms with Crippen molar-refractivity contribution < 1.29 is 32.7 Å². The van der Waals surface area contributed by atoms with E-state index in [0.717, 1.165) is 13.3 Å². The van der Waals surface area contributed by atoms with Gasteiger partial charge in [-0.3, -0.25) is 10.1 Å². The van der Waals surface area contributed by atoms with E-state index in [4.69, 9.17) is 5.11 Å². The average molecular weight is 268 g/mol. The lowest BCUT2D eigenvalue weighted by atomic mass is 10.2. The Morgan fingerprint density at radius 1 is 1.56 bits per heavy atom. The fourth-order valence-electron chi connectivity index (χ4n) is 1.17. The molecule has 0 atom stereocenters. The SMILES string of the molecule is COc1ncc(CO)c([N+](=O)[O-])c1OC(F)(F)F. The minimum absolute atomic E-state index is 0.417. The second-order valence-corrected chi connectivity index (χ2v) is 2.93. The monoisotopic (exact) mass is 268 g/mol. The Balaban J connectivity index is 3.45. The zero-order valence-electron chi connectivity index (χ0n) is 8.89. The molecule has 0 aliphatic heterocycles. The highest BCUT2D eigenvalue weighted by Crippen LogP contribution is 2.40. The molecule has 0 bridgehead atoms. The van der Waals surface area contributed by atoms with E-state index in [1.54, 1.807) is 0 Å². The third-order valence-corrected chi connectivity index (χ3v) is 1.82. The predicted octanol–water partition coefficient (Wildman–Crippen LogP) is 1.39. The van der Waals surface area contributed by atoms with E-state index in [1.165, 1.54) is 0 Å². The van der Waals surface area contributed by atoms with E-state index in [0.29, 0.717) is 0 Å². The molecule has 1 heterocycles. The number of pyridine rings is 1. The maximum absolute atomic E-state index is 12.1. The Labute approximate surface area is 97.9 Å². The number of hydrogen-bond acceptors (Lipinski definition) is 6. The fraction of sp³-hybridized carbons (Fsp3) is 0.375. The van der Waals surface area contributed by atoms with Gasteiger partial charge in [0.05, 0.1) is 24.2 Å². The van der Waals surface area contributed by atoms with Gasteiger partial charge in [-0.25, -0.2) is 4.98 Å². The van der Waals surface area contributed by atoms with Gasteiger partial charge in [0.1, 0.15) is 0 Å². The molecule has 1 aromatic rings. The zero-order chi connectivity index (χ0) is 13.9. The number of alkyl halides is 3. The molecule has 0 aliphatic carbocycles. The van der Waals surface area contributed by atoms with E-state index in [1.807, 2.05) is 0 Å². The molecule has 0 unspecified atom stereocenters. The summed E-state index contributed by atoms with van der Waals surface area (Å²) in [6, 6.07) is 0. The molecule has 0 amide bonds. The second-order valence-electron chi connectivity index (χ2n) is 2.93. The summed E-state index contributed by atoms with van der Waals surface area (Å²) in [6.07, 6.45) is -4.31. The second kappa shape index (κ2) is 5.04. The molecule has 0 saturated carbocycles. The van der Waals surface area contributed by atoms with Gasteiger partial charge in [-0.05, 0) is 0 Å². The molecule has 18 heavy (non-hydrogen) atoms. The van der Waals surface area contributed by atoms with Crippen molar-refractivity contribution in [1.82, 2.24) is 4.98 Å². The third kappa shape index (κ3) is 2.97. The number of halogens is 3. The minimum Gasteiger partial charge on any atom is -0.478 e. The molecule has 0 radical (unpaired) electrons. The highest BCUT2D eigenvalue weighted by atomic mass is 19.4. The van der Waals surface area contributed by atoms with Gasteiger partial charge < -0.3 is 14.6 Å². The summed E-state index contributed by atoms with van der Waals surface area (Å²) >= 11 is 0. The van der Waals surface area contributed by atoms with Crippen LogP contribution in [-0.2, 0) is 6.61 Å². The van der Waals surface area contributed by atoms with Crippen molar-refractivity contribution in [2.24, 2.45) is 0 Å². The lowest BCUT2D eigenvalue weighted by molar-refractivity contribution is -0.389. The molecule has 100 valence electrons. The summed E-state index contributed by atoms with van der Waals surface area (Å²) in [5.41, 5.74) is -1.46. The first-order chi connectivity index (χ1) is 8.30. The van der Waals surface area contributed by atoms with Crippen LogP contribution in [0.2, 0.25) is 0 Å². The van der Waals surface area contributed by atoms with Gasteiger partial charge in [0, 0.05) is 6.20 Å². The third-order valence-electron chi connectivity index (χ3n) is 1.82. The minimum atomic E-state index is -5.15. The maximum atomic E-state index is 12.1. The van der Waals surface area contributed by atoms with Gasteiger partial charge in [-0.1, -0.05) is 0 Å². The lowest BCUT2D eigenvalue weighted by Crippen LogP contribution is -2.19. The van der Waals surface area contributed by atoms with Crippen molar-refractivity contribution in [1.29, 1.82) is 0 Å². The van der Waals surface area contributed by atoms with Crippen LogP contribution in [0.5, 0.6) is 11.6 Å². The number of ether oxygens (including phenoxy) is 2. The molecular weight excluding hydrogens is 261 g/mol. The molecule has 1 N–H and O–H groups in total. The number of aliphatic hydroxyl groups excluding tert-OH is 1. The molecule has 10 heteroatoms. The van der Waals surface area contributed by atoms with E-state index < -0.39 is 40.8 Å². The molecule has 7 nitrogen and oxygen atoms in total. The van der Waals surface area contributed by atoms with Crippen molar-refractivity contribution in [3.05, 3.63) is 21.9 Å². The van der Waals surface area contributed by atoms with Crippen LogP contribution in [-0.4, -0.2) is 28.5 Å². The Morgan fingerprint density at radius 2 is 2.17 bits per heavy atom. The van der Waals surface area contributed by atoms with Crippen molar-refractivity contribution in [3.8, 4) is 11.6 Å². The standard InChI is InChI=1S/C8H7F3N2O5/c1-17-7-6(18-8(9,10)11)5(13(15)16)4(3-14)2-12-7/h2,14H,3H2,1H3. The van der Waals surface area contributed by atoms with Crippen molar-refractivity contribution in [2.75, 3.05) is 7.11 Å². The van der Waals surface area contributed by atoms with Crippen molar-refractivity contribution in [3.63, 3.8) is 0 Å². The summed E-state index contributed by atoms with van der Waals surface area (Å²) in [4.78, 5) is 13.0. The lowest BCUT2D eigenvalue weighted by Gasteiger charge is -2.12. The Kier molecular flexibility index (Phi) is 3.91. The highest BCUT2D eigenvalue weighted by molar-refractivity contribution is 5.57. The summed E-state index contributed by atoms with van der Waals surface area (Å²) in [5.74, 6) is -1.89. The predicted molar refractivity (Wildman–Crippen MR) is 50.0 cm³/mol. The number of methoxy groups -OCH3 is 1. The molecule has 1 rings (SSSR count). The summed E-state index contributed by atoms with van der Waals surface area (Å²) in [6.45, 7) is -0.860. The van der Waals surface area contributed by atoms with E-state index in [-0.39, 0.29) is 0 Å². The van der Waals surface area contributed by atoms with Crippen molar-refractivity contribution >= 4 is 5.69 Å². The van der Waals surface area contributed by atoms with E-state index in [9.17, 15) is 23.3 Å². The van der Waals surface area contributed by atoms with Crippen LogP contribution in [0.15, 0.2) is 6.20 Å². The Bertz CT molecular complexity index is 463. The van der Waals surface area contributed by atoms with Crippen LogP contribution in [0.1, 0.15) is 5.56 Å². The van der Waals surface area contributed by atoms with Crippen LogP contribution >= 0.6 is 0 Å². The molecule has 0 spiro atoms. The van der Waals surface area contributed by atoms with Crippen molar-refractivity contribution in [2.45, 2.75) is 13.0 Å². The van der Waals surface area contributed by atoms with E-state index in [2.05, 4.69) is 14.5 Å².